The average Bonchev–Trinajstić information content (AvgIpc) is 3.10. The first-order chi connectivity index (χ1) is 12.4. The van der Waals surface area contributed by atoms with Gasteiger partial charge in [-0.25, -0.2) is 4.90 Å². The molecule has 3 fully saturated rings. The Balaban J connectivity index is 1.81. The zero-order chi connectivity index (χ0) is 19.9. The van der Waals surface area contributed by atoms with Gasteiger partial charge in [0, 0.05) is 6.07 Å². The Hall–Kier alpha value is -2.49. The summed E-state index contributed by atoms with van der Waals surface area (Å²) in [4.78, 5) is 36.3. The molecule has 7 nitrogen and oxygen atoms in total. The van der Waals surface area contributed by atoms with Gasteiger partial charge in [-0.1, -0.05) is 0 Å². The van der Waals surface area contributed by atoms with Crippen LogP contribution in [0.5, 0.6) is 0 Å². The lowest BCUT2D eigenvalue weighted by Gasteiger charge is -2.27. The first-order valence-corrected chi connectivity index (χ1v) is 8.33. The molecule has 0 spiro atoms. The Morgan fingerprint density at radius 2 is 1.67 bits per heavy atom. The Morgan fingerprint density at radius 1 is 1.15 bits per heavy atom. The molecule has 27 heavy (non-hydrogen) atoms. The lowest BCUT2D eigenvalue weighted by Crippen LogP contribution is -2.40. The lowest BCUT2D eigenvalue weighted by molar-refractivity contribution is -0.388. The molecule has 3 heterocycles. The summed E-state index contributed by atoms with van der Waals surface area (Å²) in [5.74, 6) is -2.79. The minimum absolute atomic E-state index is 0.316. The maximum Gasteiger partial charge on any atom is 0.423 e. The molecular formula is C17H15F3N2O5. The molecule has 3 aliphatic heterocycles. The summed E-state index contributed by atoms with van der Waals surface area (Å²) in [6, 6.07) is 2.15. The predicted molar refractivity (Wildman–Crippen MR) is 84.7 cm³/mol. The summed E-state index contributed by atoms with van der Waals surface area (Å²) < 4.78 is 45.7. The highest BCUT2D eigenvalue weighted by atomic mass is 19.4. The van der Waals surface area contributed by atoms with Gasteiger partial charge in [-0.05, 0) is 38.8 Å². The number of carbonyl (C=O) groups excluding carboxylic acids is 2. The topological polar surface area (TPSA) is 89.8 Å². The van der Waals surface area contributed by atoms with Crippen molar-refractivity contribution in [3.05, 3.63) is 33.9 Å². The van der Waals surface area contributed by atoms with Crippen molar-refractivity contribution in [3.63, 3.8) is 0 Å². The fourth-order valence-electron chi connectivity index (χ4n) is 4.77. The number of hydrogen-bond acceptors (Lipinski definition) is 5. The number of alkyl halides is 3. The Morgan fingerprint density at radius 3 is 2.11 bits per heavy atom. The first-order valence-electron chi connectivity index (χ1n) is 8.33. The molecule has 3 aliphatic rings. The number of imide groups is 1. The molecule has 10 heteroatoms. The third kappa shape index (κ3) is 2.25. The largest absolute Gasteiger partial charge is 0.423 e. The summed E-state index contributed by atoms with van der Waals surface area (Å²) >= 11 is 0. The smallest absolute Gasteiger partial charge is 0.367 e. The number of hydrogen-bond donors (Lipinski definition) is 0. The maximum atomic E-state index is 13.2. The van der Waals surface area contributed by atoms with Gasteiger partial charge in [-0.3, -0.25) is 19.7 Å². The van der Waals surface area contributed by atoms with Crippen LogP contribution in [0.4, 0.5) is 24.5 Å². The second kappa shape index (κ2) is 5.06. The van der Waals surface area contributed by atoms with Crippen molar-refractivity contribution in [3.8, 4) is 0 Å². The molecule has 2 bridgehead atoms. The van der Waals surface area contributed by atoms with Crippen molar-refractivity contribution in [2.75, 3.05) is 4.90 Å². The third-order valence-corrected chi connectivity index (χ3v) is 5.95. The summed E-state index contributed by atoms with van der Waals surface area (Å²) in [7, 11) is 0. The molecular weight excluding hydrogens is 369 g/mol. The standard InChI is InChI=1S/C17H15F3N2O5/c1-15-5-6-16(2,27-15)12-11(15)13(23)21(14(12)24)8-3-4-10(22(25)26)9(7-8)17(18,19)20/h3-4,7,11-12H,5-6H2,1-2H3/t11-,12+,15-,16?/m1/s1. The van der Waals surface area contributed by atoms with Crippen molar-refractivity contribution in [1.82, 2.24) is 0 Å². The number of nitrogens with zero attached hydrogens (tertiary/aromatic N) is 2. The summed E-state index contributed by atoms with van der Waals surface area (Å²) in [6.45, 7) is 3.46. The van der Waals surface area contributed by atoms with Crippen molar-refractivity contribution in [1.29, 1.82) is 0 Å². The molecule has 1 unspecified atom stereocenters. The van der Waals surface area contributed by atoms with Crippen LogP contribution in [-0.2, 0) is 20.5 Å². The molecule has 4 rings (SSSR count). The number of carbonyl (C=O) groups is 2. The van der Waals surface area contributed by atoms with Gasteiger partial charge < -0.3 is 4.74 Å². The highest BCUT2D eigenvalue weighted by Gasteiger charge is 2.72. The summed E-state index contributed by atoms with van der Waals surface area (Å²) in [5, 5.41) is 10.9. The van der Waals surface area contributed by atoms with E-state index in [-0.39, 0.29) is 5.69 Å². The van der Waals surface area contributed by atoms with Gasteiger partial charge in [0.15, 0.2) is 0 Å². The molecule has 0 saturated carbocycles. The van der Waals surface area contributed by atoms with Crippen LogP contribution in [0.25, 0.3) is 0 Å². The van der Waals surface area contributed by atoms with Crippen LogP contribution in [0, 0.1) is 22.0 Å². The first kappa shape index (κ1) is 17.9. The number of anilines is 1. The van der Waals surface area contributed by atoms with Gasteiger partial charge in [-0.15, -0.1) is 0 Å². The van der Waals surface area contributed by atoms with E-state index in [9.17, 15) is 32.9 Å². The van der Waals surface area contributed by atoms with Crippen molar-refractivity contribution >= 4 is 23.2 Å². The minimum atomic E-state index is -5.00. The summed E-state index contributed by atoms with van der Waals surface area (Å²) in [5.41, 5.74) is -4.63. The van der Waals surface area contributed by atoms with Crippen LogP contribution < -0.4 is 4.90 Å². The fourth-order valence-corrected chi connectivity index (χ4v) is 4.77. The van der Waals surface area contributed by atoms with Gasteiger partial charge >= 0.3 is 6.18 Å². The number of ether oxygens (including phenoxy) is 1. The van der Waals surface area contributed by atoms with Crippen molar-refractivity contribution in [2.45, 2.75) is 44.1 Å². The second-order valence-electron chi connectivity index (χ2n) is 7.65. The van der Waals surface area contributed by atoms with E-state index in [0.717, 1.165) is 11.0 Å². The third-order valence-electron chi connectivity index (χ3n) is 5.95. The number of amides is 2. The van der Waals surface area contributed by atoms with Gasteiger partial charge in [0.25, 0.3) is 5.69 Å². The number of benzene rings is 1. The molecule has 0 aromatic heterocycles. The highest BCUT2D eigenvalue weighted by molar-refractivity contribution is 6.23. The minimum Gasteiger partial charge on any atom is -0.367 e. The molecule has 0 radical (unpaired) electrons. The zero-order valence-electron chi connectivity index (χ0n) is 14.4. The van der Waals surface area contributed by atoms with E-state index >= 15 is 0 Å². The molecule has 2 amide bonds. The van der Waals surface area contributed by atoms with E-state index < -0.39 is 57.2 Å². The molecule has 4 atom stereocenters. The number of rotatable bonds is 2. The Kier molecular flexibility index (Phi) is 3.36. The van der Waals surface area contributed by atoms with E-state index in [1.807, 2.05) is 0 Å². The number of nitro groups is 1. The van der Waals surface area contributed by atoms with Gasteiger partial charge in [-0.2, -0.15) is 13.2 Å². The van der Waals surface area contributed by atoms with Crippen LogP contribution in [-0.4, -0.2) is 27.9 Å². The van der Waals surface area contributed by atoms with Crippen LogP contribution in [0.15, 0.2) is 18.2 Å². The van der Waals surface area contributed by atoms with Crippen LogP contribution in [0.2, 0.25) is 0 Å². The fraction of sp³-hybridized carbons (Fsp3) is 0.529. The van der Waals surface area contributed by atoms with E-state index in [4.69, 9.17) is 4.74 Å². The van der Waals surface area contributed by atoms with E-state index in [2.05, 4.69) is 0 Å². The number of fused-ring (bicyclic) bond motifs is 5. The van der Waals surface area contributed by atoms with Gasteiger partial charge in [0.1, 0.15) is 5.56 Å². The van der Waals surface area contributed by atoms with Crippen LogP contribution >= 0.6 is 0 Å². The molecule has 0 aliphatic carbocycles. The molecule has 144 valence electrons. The Labute approximate surface area is 151 Å². The SMILES string of the molecule is CC12CC[C@@](C)(O1)[C@H]1C(=O)N(c3ccc([N+](=O)[O-])c(C(F)(F)F)c3)C(=O)[C@H]12. The summed E-state index contributed by atoms with van der Waals surface area (Å²) in [6.07, 6.45) is -3.85. The van der Waals surface area contributed by atoms with E-state index in [1.54, 1.807) is 13.8 Å². The second-order valence-corrected chi connectivity index (χ2v) is 7.65. The van der Waals surface area contributed by atoms with Crippen LogP contribution in [0.3, 0.4) is 0 Å². The van der Waals surface area contributed by atoms with E-state index in [1.165, 1.54) is 0 Å². The van der Waals surface area contributed by atoms with Gasteiger partial charge in [0.05, 0.1) is 33.6 Å². The maximum absolute atomic E-state index is 13.2. The average molecular weight is 384 g/mol. The predicted octanol–water partition coefficient (Wildman–Crippen LogP) is 3.06. The Bertz CT molecular complexity index is 867. The van der Waals surface area contributed by atoms with Crippen LogP contribution in [0.1, 0.15) is 32.3 Å². The molecule has 1 aromatic carbocycles. The molecule has 1 aromatic rings. The van der Waals surface area contributed by atoms with E-state index in [0.29, 0.717) is 25.0 Å². The highest BCUT2D eigenvalue weighted by Crippen LogP contribution is 2.61. The number of nitro benzene ring substituents is 1. The normalized spacial score (nSPS) is 35.1. The molecule has 0 N–H and O–H groups in total. The van der Waals surface area contributed by atoms with Crippen molar-refractivity contribution in [2.24, 2.45) is 11.8 Å². The zero-order valence-corrected chi connectivity index (χ0v) is 14.4. The number of halogens is 3. The molecule has 3 saturated heterocycles. The lowest BCUT2D eigenvalue weighted by atomic mass is 9.69. The monoisotopic (exact) mass is 384 g/mol. The van der Waals surface area contributed by atoms with Gasteiger partial charge in [0.2, 0.25) is 11.8 Å². The quantitative estimate of drug-likeness (QED) is 0.444. The van der Waals surface area contributed by atoms with Crippen molar-refractivity contribution < 1.29 is 32.4 Å².